The maximum absolute atomic E-state index is 12.5. The molecule has 0 saturated carbocycles. The van der Waals surface area contributed by atoms with Crippen LogP contribution in [-0.4, -0.2) is 20.5 Å². The van der Waals surface area contributed by atoms with Gasteiger partial charge in [0, 0.05) is 17.1 Å². The van der Waals surface area contributed by atoms with Crippen molar-refractivity contribution in [1.82, 2.24) is 19.9 Å². The van der Waals surface area contributed by atoms with E-state index in [-0.39, 0.29) is 5.91 Å². The number of rotatable bonds is 2. The predicted molar refractivity (Wildman–Crippen MR) is 85.4 cm³/mol. The van der Waals surface area contributed by atoms with Crippen molar-refractivity contribution in [2.45, 2.75) is 13.8 Å². The molecule has 1 amide bonds. The minimum absolute atomic E-state index is 0.221. The van der Waals surface area contributed by atoms with E-state index in [2.05, 4.69) is 15.4 Å². The highest BCUT2D eigenvalue weighted by Crippen LogP contribution is 2.12. The fourth-order valence-corrected chi connectivity index (χ4v) is 2.28. The number of aryl methyl sites for hydroxylation is 2. The van der Waals surface area contributed by atoms with Gasteiger partial charge in [-0.3, -0.25) is 4.79 Å². The van der Waals surface area contributed by atoms with Crippen LogP contribution in [0.2, 0.25) is 0 Å². The molecule has 0 unspecified atom stereocenters. The van der Waals surface area contributed by atoms with Gasteiger partial charge >= 0.3 is 0 Å². The SMILES string of the molecule is Cc1cc(C)n2ncc(C(=O)NC3=C/C=C\C=C/C=C3)c2n1. The number of nitrogens with zero attached hydrogens (tertiary/aromatic N) is 3. The second-order valence-electron chi connectivity index (χ2n) is 5.04. The summed E-state index contributed by atoms with van der Waals surface area (Å²) in [6.45, 7) is 3.84. The molecule has 1 aliphatic rings. The summed E-state index contributed by atoms with van der Waals surface area (Å²) >= 11 is 0. The summed E-state index contributed by atoms with van der Waals surface area (Å²) in [4.78, 5) is 16.9. The first-order chi connectivity index (χ1) is 10.6. The summed E-state index contributed by atoms with van der Waals surface area (Å²) in [5.74, 6) is -0.221. The predicted octanol–water partition coefficient (Wildman–Crippen LogP) is 2.64. The van der Waals surface area contributed by atoms with E-state index >= 15 is 0 Å². The standard InChI is InChI=1S/C17H16N4O/c1-12-10-13(2)21-16(19-12)15(11-18-21)17(22)20-14-8-6-4-3-5-7-9-14/h3-11H,1-2H3,(H,20,22)/b4-3-,5-3?,6-4?,7-5-,8-6?,9-7?,14-8?,14-9?. The zero-order valence-corrected chi connectivity index (χ0v) is 12.4. The lowest BCUT2D eigenvalue weighted by Gasteiger charge is -2.05. The van der Waals surface area contributed by atoms with Crippen LogP contribution in [0, 0.1) is 13.8 Å². The third-order valence-corrected chi connectivity index (χ3v) is 3.28. The second-order valence-corrected chi connectivity index (χ2v) is 5.04. The minimum atomic E-state index is -0.221. The molecule has 0 aliphatic heterocycles. The molecule has 110 valence electrons. The van der Waals surface area contributed by atoms with Crippen molar-refractivity contribution >= 4 is 11.6 Å². The number of hydrogen-bond acceptors (Lipinski definition) is 3. The monoisotopic (exact) mass is 292 g/mol. The van der Waals surface area contributed by atoms with Crippen molar-refractivity contribution in [2.24, 2.45) is 0 Å². The molecule has 0 fully saturated rings. The maximum atomic E-state index is 12.5. The molecule has 1 N–H and O–H groups in total. The Kier molecular flexibility index (Phi) is 3.70. The molecule has 3 rings (SSSR count). The third kappa shape index (κ3) is 2.74. The number of carbonyl (C=O) groups excluding carboxylic acids is 1. The number of amides is 1. The van der Waals surface area contributed by atoms with Crippen LogP contribution in [0.4, 0.5) is 0 Å². The number of nitrogens with one attached hydrogen (secondary N) is 1. The summed E-state index contributed by atoms with van der Waals surface area (Å²) in [5.41, 5.74) is 3.55. The number of hydrogen-bond donors (Lipinski definition) is 1. The van der Waals surface area contributed by atoms with Crippen molar-refractivity contribution < 1.29 is 4.79 Å². The van der Waals surface area contributed by atoms with E-state index < -0.39 is 0 Å². The Bertz CT molecular complexity index is 853. The van der Waals surface area contributed by atoms with Crippen LogP contribution < -0.4 is 5.32 Å². The summed E-state index contributed by atoms with van der Waals surface area (Å²) in [6, 6.07) is 1.93. The van der Waals surface area contributed by atoms with Gasteiger partial charge in [-0.1, -0.05) is 30.4 Å². The van der Waals surface area contributed by atoms with E-state index in [1.807, 2.05) is 62.4 Å². The Morgan fingerprint density at radius 3 is 2.77 bits per heavy atom. The van der Waals surface area contributed by atoms with Crippen molar-refractivity contribution in [2.75, 3.05) is 0 Å². The first kappa shape index (κ1) is 14.0. The van der Waals surface area contributed by atoms with Crippen LogP contribution in [0.25, 0.3) is 5.65 Å². The lowest BCUT2D eigenvalue weighted by molar-refractivity contribution is 0.0968. The fourth-order valence-electron chi connectivity index (χ4n) is 2.28. The molecule has 0 saturated heterocycles. The average Bonchev–Trinajstić information content (AvgIpc) is 2.85. The quantitative estimate of drug-likeness (QED) is 0.925. The highest BCUT2D eigenvalue weighted by atomic mass is 16.1. The van der Waals surface area contributed by atoms with E-state index in [1.165, 1.54) is 0 Å². The first-order valence-electron chi connectivity index (χ1n) is 7.00. The Labute approximate surface area is 128 Å². The van der Waals surface area contributed by atoms with E-state index in [0.29, 0.717) is 16.9 Å². The van der Waals surface area contributed by atoms with Crippen molar-refractivity contribution in [1.29, 1.82) is 0 Å². The maximum Gasteiger partial charge on any atom is 0.261 e. The lowest BCUT2D eigenvalue weighted by atomic mass is 10.2. The molecular weight excluding hydrogens is 276 g/mol. The zero-order valence-electron chi connectivity index (χ0n) is 12.4. The lowest BCUT2D eigenvalue weighted by Crippen LogP contribution is -2.22. The molecule has 0 radical (unpaired) electrons. The largest absolute Gasteiger partial charge is 0.322 e. The molecule has 2 heterocycles. The molecule has 2 aromatic heterocycles. The summed E-state index contributed by atoms with van der Waals surface area (Å²) < 4.78 is 1.67. The zero-order chi connectivity index (χ0) is 15.5. The topological polar surface area (TPSA) is 59.3 Å². The first-order valence-corrected chi connectivity index (χ1v) is 7.00. The summed E-state index contributed by atoms with van der Waals surface area (Å²) in [5, 5.41) is 7.11. The highest BCUT2D eigenvalue weighted by Gasteiger charge is 2.15. The molecule has 1 aliphatic carbocycles. The van der Waals surface area contributed by atoms with Crippen LogP contribution in [-0.2, 0) is 0 Å². The van der Waals surface area contributed by atoms with E-state index in [1.54, 1.807) is 10.7 Å². The van der Waals surface area contributed by atoms with Crippen LogP contribution in [0.15, 0.2) is 60.5 Å². The molecule has 0 aromatic carbocycles. The van der Waals surface area contributed by atoms with E-state index in [0.717, 1.165) is 11.4 Å². The van der Waals surface area contributed by atoms with Gasteiger partial charge in [0.15, 0.2) is 5.65 Å². The second kappa shape index (κ2) is 5.81. The number of fused-ring (bicyclic) bond motifs is 1. The smallest absolute Gasteiger partial charge is 0.261 e. The fraction of sp³-hybridized carbons (Fsp3) is 0.118. The molecule has 22 heavy (non-hydrogen) atoms. The minimum Gasteiger partial charge on any atom is -0.322 e. The molecule has 5 heteroatoms. The number of aromatic nitrogens is 3. The van der Waals surface area contributed by atoms with Gasteiger partial charge in [-0.15, -0.1) is 0 Å². The van der Waals surface area contributed by atoms with Crippen molar-refractivity contribution in [3.63, 3.8) is 0 Å². The molecular formula is C17H16N4O. The van der Waals surface area contributed by atoms with Gasteiger partial charge in [-0.05, 0) is 32.1 Å². The summed E-state index contributed by atoms with van der Waals surface area (Å²) in [6.07, 6.45) is 14.7. The van der Waals surface area contributed by atoms with Crippen molar-refractivity contribution in [3.8, 4) is 0 Å². The Balaban J connectivity index is 1.93. The van der Waals surface area contributed by atoms with Crippen LogP contribution >= 0.6 is 0 Å². The van der Waals surface area contributed by atoms with Crippen molar-refractivity contribution in [3.05, 3.63) is 77.4 Å². The van der Waals surface area contributed by atoms with Crippen LogP contribution in [0.1, 0.15) is 21.7 Å². The number of allylic oxidation sites excluding steroid dienone is 7. The molecule has 5 nitrogen and oxygen atoms in total. The van der Waals surface area contributed by atoms with Crippen LogP contribution in [0.5, 0.6) is 0 Å². The Morgan fingerprint density at radius 1 is 1.14 bits per heavy atom. The van der Waals surface area contributed by atoms with E-state index in [4.69, 9.17) is 0 Å². The van der Waals surface area contributed by atoms with Crippen LogP contribution in [0.3, 0.4) is 0 Å². The molecule has 0 bridgehead atoms. The van der Waals surface area contributed by atoms with E-state index in [9.17, 15) is 4.79 Å². The van der Waals surface area contributed by atoms with Gasteiger partial charge in [-0.25, -0.2) is 9.50 Å². The average molecular weight is 292 g/mol. The normalized spacial score (nSPS) is 16.7. The molecule has 0 spiro atoms. The van der Waals surface area contributed by atoms with Gasteiger partial charge in [0.05, 0.1) is 6.20 Å². The van der Waals surface area contributed by atoms with Gasteiger partial charge in [0.25, 0.3) is 5.91 Å². The number of carbonyl (C=O) groups is 1. The molecule has 2 aromatic rings. The van der Waals surface area contributed by atoms with Gasteiger partial charge in [-0.2, -0.15) is 5.10 Å². The summed E-state index contributed by atoms with van der Waals surface area (Å²) in [7, 11) is 0. The van der Waals surface area contributed by atoms with Gasteiger partial charge < -0.3 is 5.32 Å². The Hall–Kier alpha value is -2.95. The van der Waals surface area contributed by atoms with Gasteiger partial charge in [0.2, 0.25) is 0 Å². The third-order valence-electron chi connectivity index (χ3n) is 3.28. The highest BCUT2D eigenvalue weighted by molar-refractivity contribution is 6.00. The van der Waals surface area contributed by atoms with Gasteiger partial charge in [0.1, 0.15) is 5.56 Å². The Morgan fingerprint density at radius 2 is 1.91 bits per heavy atom. The molecule has 0 atom stereocenters.